The van der Waals surface area contributed by atoms with Gasteiger partial charge in [-0.05, 0) is 66.4 Å². The summed E-state index contributed by atoms with van der Waals surface area (Å²) in [5, 5.41) is 2.96. The van der Waals surface area contributed by atoms with Gasteiger partial charge in [0.1, 0.15) is 24.2 Å². The van der Waals surface area contributed by atoms with E-state index in [2.05, 4.69) is 5.32 Å². The molecule has 8 nitrogen and oxygen atoms in total. The molecule has 0 saturated carbocycles. The number of anilines is 1. The Morgan fingerprint density at radius 3 is 2.17 bits per heavy atom. The van der Waals surface area contributed by atoms with E-state index in [0.717, 1.165) is 28.3 Å². The number of hydrogen-bond donors (Lipinski definition) is 1. The van der Waals surface area contributed by atoms with Crippen LogP contribution in [0, 0.1) is 12.7 Å². The Balaban J connectivity index is 1.82. The molecule has 0 bridgehead atoms. The number of hydrogen-bond acceptors (Lipinski definition) is 5. The number of benzene rings is 4. The van der Waals surface area contributed by atoms with Crippen molar-refractivity contribution in [1.82, 2.24) is 10.2 Å². The molecule has 1 N–H and O–H groups in total. The summed E-state index contributed by atoms with van der Waals surface area (Å²) in [6.07, 6.45) is 1.81. The Bertz CT molecular complexity index is 1700. The molecule has 0 fully saturated rings. The fourth-order valence-corrected chi connectivity index (χ4v) is 6.51. The molecular formula is C36H40FN3O5S. The average molecular weight is 646 g/mol. The van der Waals surface area contributed by atoms with Crippen molar-refractivity contribution in [3.05, 3.63) is 126 Å². The summed E-state index contributed by atoms with van der Waals surface area (Å²) in [6.45, 7) is 3.58. The minimum atomic E-state index is -4.28. The van der Waals surface area contributed by atoms with Gasteiger partial charge in [-0.3, -0.25) is 13.9 Å². The van der Waals surface area contributed by atoms with Crippen LogP contribution in [0.15, 0.2) is 108 Å². The van der Waals surface area contributed by atoms with Crippen LogP contribution in [0.3, 0.4) is 0 Å². The normalized spacial score (nSPS) is 11.8. The van der Waals surface area contributed by atoms with Gasteiger partial charge in [0, 0.05) is 19.5 Å². The van der Waals surface area contributed by atoms with Gasteiger partial charge in [-0.2, -0.15) is 0 Å². The molecule has 4 rings (SSSR count). The molecule has 4 aromatic carbocycles. The van der Waals surface area contributed by atoms with Gasteiger partial charge < -0.3 is 15.0 Å². The van der Waals surface area contributed by atoms with Crippen LogP contribution in [-0.4, -0.2) is 51.4 Å². The van der Waals surface area contributed by atoms with Crippen LogP contribution in [-0.2, 0) is 32.6 Å². The molecule has 0 aliphatic carbocycles. The summed E-state index contributed by atoms with van der Waals surface area (Å²) in [4.78, 5) is 29.7. The van der Waals surface area contributed by atoms with E-state index in [1.807, 2.05) is 44.2 Å². The van der Waals surface area contributed by atoms with Crippen LogP contribution < -0.4 is 14.4 Å². The molecule has 1 atom stereocenters. The maximum absolute atomic E-state index is 14.6. The molecule has 0 aliphatic rings. The number of carbonyl (C=O) groups is 2. The van der Waals surface area contributed by atoms with E-state index >= 15 is 0 Å². The minimum Gasteiger partial charge on any atom is -0.495 e. The number of nitrogens with zero attached hydrogens (tertiary/aromatic N) is 2. The molecular weight excluding hydrogens is 605 g/mol. The van der Waals surface area contributed by atoms with Crippen molar-refractivity contribution in [3.8, 4) is 5.75 Å². The minimum absolute atomic E-state index is 0.00501. The average Bonchev–Trinajstić information content (AvgIpc) is 3.06. The molecule has 2 amide bonds. The Morgan fingerprint density at radius 2 is 1.54 bits per heavy atom. The molecule has 0 heterocycles. The molecule has 4 aromatic rings. The third kappa shape index (κ3) is 8.72. The molecule has 0 unspecified atom stereocenters. The van der Waals surface area contributed by atoms with Crippen LogP contribution in [0.1, 0.15) is 36.5 Å². The zero-order chi connectivity index (χ0) is 33.1. The van der Waals surface area contributed by atoms with Gasteiger partial charge in [0.2, 0.25) is 11.8 Å². The first-order chi connectivity index (χ1) is 22.1. The van der Waals surface area contributed by atoms with E-state index in [1.165, 1.54) is 36.3 Å². The second-order valence-corrected chi connectivity index (χ2v) is 12.9. The highest BCUT2D eigenvalue weighted by Crippen LogP contribution is 2.34. The van der Waals surface area contributed by atoms with E-state index in [0.29, 0.717) is 12.1 Å². The Hall–Kier alpha value is -4.70. The van der Waals surface area contributed by atoms with Crippen molar-refractivity contribution in [2.75, 3.05) is 24.5 Å². The van der Waals surface area contributed by atoms with Gasteiger partial charge in [0.25, 0.3) is 10.0 Å². The van der Waals surface area contributed by atoms with Gasteiger partial charge in [-0.1, -0.05) is 80.1 Å². The van der Waals surface area contributed by atoms with Crippen LogP contribution in [0.2, 0.25) is 0 Å². The number of methoxy groups -OCH3 is 1. The summed E-state index contributed by atoms with van der Waals surface area (Å²) in [7, 11) is -2.85. The highest BCUT2D eigenvalue weighted by atomic mass is 32.2. The number of halogens is 1. The van der Waals surface area contributed by atoms with Gasteiger partial charge >= 0.3 is 0 Å². The Kier molecular flexibility index (Phi) is 11.9. The van der Waals surface area contributed by atoms with Crippen molar-refractivity contribution < 1.29 is 27.1 Å². The second kappa shape index (κ2) is 16.0. The van der Waals surface area contributed by atoms with Gasteiger partial charge in [-0.25, -0.2) is 12.8 Å². The van der Waals surface area contributed by atoms with E-state index in [1.54, 1.807) is 48.5 Å². The highest BCUT2D eigenvalue weighted by Gasteiger charge is 2.35. The van der Waals surface area contributed by atoms with E-state index < -0.39 is 34.3 Å². The third-order valence-corrected chi connectivity index (χ3v) is 9.35. The number of unbranched alkanes of at least 4 members (excludes halogenated alkanes) is 1. The van der Waals surface area contributed by atoms with Crippen LogP contribution in [0.25, 0.3) is 0 Å². The SMILES string of the molecule is CCCCNC(=O)[C@@H](Cc1ccccc1)N(Cc1ccc(F)cc1)C(=O)CN(c1cc(C)ccc1OC)S(=O)(=O)c1ccccc1. The van der Waals surface area contributed by atoms with Gasteiger partial charge in [-0.15, -0.1) is 0 Å². The molecule has 242 valence electrons. The largest absolute Gasteiger partial charge is 0.495 e. The van der Waals surface area contributed by atoms with E-state index in [-0.39, 0.29) is 35.2 Å². The number of rotatable bonds is 15. The number of nitrogens with one attached hydrogen (secondary N) is 1. The van der Waals surface area contributed by atoms with Crippen molar-refractivity contribution in [3.63, 3.8) is 0 Å². The third-order valence-electron chi connectivity index (χ3n) is 7.58. The Labute approximate surface area is 270 Å². The van der Waals surface area contributed by atoms with Crippen LogP contribution in [0.5, 0.6) is 5.75 Å². The molecule has 10 heteroatoms. The number of aryl methyl sites for hydroxylation is 1. The predicted octanol–water partition coefficient (Wildman–Crippen LogP) is 5.89. The lowest BCUT2D eigenvalue weighted by atomic mass is 10.0. The molecule has 0 aliphatic heterocycles. The van der Waals surface area contributed by atoms with Crippen LogP contribution in [0.4, 0.5) is 10.1 Å². The summed E-state index contributed by atoms with van der Waals surface area (Å²) in [6, 6.07) is 26.9. The van der Waals surface area contributed by atoms with Crippen LogP contribution >= 0.6 is 0 Å². The van der Waals surface area contributed by atoms with Gasteiger partial charge in [0.05, 0.1) is 17.7 Å². The van der Waals surface area contributed by atoms with E-state index in [9.17, 15) is 22.4 Å². The van der Waals surface area contributed by atoms with E-state index in [4.69, 9.17) is 4.74 Å². The fraction of sp³-hybridized carbons (Fsp3) is 0.278. The fourth-order valence-electron chi connectivity index (χ4n) is 5.07. The highest BCUT2D eigenvalue weighted by molar-refractivity contribution is 7.92. The summed E-state index contributed by atoms with van der Waals surface area (Å²) in [5.74, 6) is -1.15. The zero-order valence-corrected chi connectivity index (χ0v) is 27.2. The number of ether oxygens (including phenoxy) is 1. The van der Waals surface area contributed by atoms with Gasteiger partial charge in [0.15, 0.2) is 0 Å². The summed E-state index contributed by atoms with van der Waals surface area (Å²) < 4.78 is 48.9. The smallest absolute Gasteiger partial charge is 0.264 e. The number of amides is 2. The lowest BCUT2D eigenvalue weighted by molar-refractivity contribution is -0.140. The monoisotopic (exact) mass is 645 g/mol. The zero-order valence-electron chi connectivity index (χ0n) is 26.4. The summed E-state index contributed by atoms with van der Waals surface area (Å²) in [5.41, 5.74) is 2.36. The van der Waals surface area contributed by atoms with Crippen molar-refractivity contribution >= 4 is 27.5 Å². The summed E-state index contributed by atoms with van der Waals surface area (Å²) >= 11 is 0. The lowest BCUT2D eigenvalue weighted by Crippen LogP contribution is -2.53. The van der Waals surface area contributed by atoms with Crippen molar-refractivity contribution in [2.45, 2.75) is 50.6 Å². The standard InChI is InChI=1S/C36H40FN3O5S/c1-4-5-22-38-36(42)33(24-28-12-8-6-9-13-28)39(25-29-17-19-30(37)20-18-29)35(41)26-40(32-23-27(2)16-21-34(32)45-3)46(43,44)31-14-10-7-11-15-31/h6-21,23,33H,4-5,22,24-26H2,1-3H3,(H,38,42)/t33-/m1/s1. The van der Waals surface area contributed by atoms with Crippen molar-refractivity contribution in [1.29, 1.82) is 0 Å². The second-order valence-electron chi connectivity index (χ2n) is 11.0. The molecule has 0 radical (unpaired) electrons. The molecule has 0 spiro atoms. The molecule has 0 saturated heterocycles. The first-order valence-electron chi connectivity index (χ1n) is 15.2. The molecule has 0 aromatic heterocycles. The predicted molar refractivity (Wildman–Crippen MR) is 178 cm³/mol. The quantitative estimate of drug-likeness (QED) is 0.163. The maximum Gasteiger partial charge on any atom is 0.264 e. The first-order valence-corrected chi connectivity index (χ1v) is 16.7. The number of carbonyl (C=O) groups excluding carboxylic acids is 2. The molecule has 46 heavy (non-hydrogen) atoms. The lowest BCUT2D eigenvalue weighted by Gasteiger charge is -2.34. The number of sulfonamides is 1. The maximum atomic E-state index is 14.6. The first kappa shape index (κ1) is 34.2. The topological polar surface area (TPSA) is 96.0 Å². The Morgan fingerprint density at radius 1 is 0.891 bits per heavy atom. The van der Waals surface area contributed by atoms with Crippen molar-refractivity contribution in [2.24, 2.45) is 0 Å².